The first kappa shape index (κ1) is 19.6. The van der Waals surface area contributed by atoms with Gasteiger partial charge in [-0.1, -0.05) is 37.6 Å². The minimum Gasteiger partial charge on any atom is -0.472 e. The van der Waals surface area contributed by atoms with Crippen LogP contribution in [-0.2, 0) is 13.0 Å². The quantitative estimate of drug-likeness (QED) is 0.369. The van der Waals surface area contributed by atoms with E-state index in [1.807, 2.05) is 28.9 Å². The Labute approximate surface area is 186 Å². The summed E-state index contributed by atoms with van der Waals surface area (Å²) >= 11 is 3.82. The van der Waals surface area contributed by atoms with Gasteiger partial charge in [-0.25, -0.2) is 9.78 Å². The van der Waals surface area contributed by atoms with Gasteiger partial charge < -0.3 is 4.42 Å². The SMILES string of the molecule is CCCCc1nnnn1Cc1c2ccocc-2c(Br)c1-c1ccccc1-c1nnn[nH]1. The Bertz CT molecular complexity index is 1280. The molecular formula is C21H19BrN8O. The standard InChI is InChI=1S/C21H19BrN8O/c1-2-3-8-18-23-28-29-30(18)11-16-13-9-10-31-12-17(13)20(22)19(16)14-6-4-5-7-15(14)21-24-26-27-25-21/h4-7,9-10,12H,2-3,8,11H2,1H3,(H,24,25,26,27). The summed E-state index contributed by atoms with van der Waals surface area (Å²) in [6, 6.07) is 10.0. The molecule has 9 nitrogen and oxygen atoms in total. The van der Waals surface area contributed by atoms with Crippen molar-refractivity contribution in [1.29, 1.82) is 0 Å². The maximum absolute atomic E-state index is 5.47. The summed E-state index contributed by atoms with van der Waals surface area (Å²) in [7, 11) is 0. The first-order chi connectivity index (χ1) is 15.3. The average Bonchev–Trinajstić information content (AvgIpc) is 3.54. The van der Waals surface area contributed by atoms with Crippen LogP contribution in [0.4, 0.5) is 0 Å². The molecule has 0 unspecified atom stereocenters. The summed E-state index contributed by atoms with van der Waals surface area (Å²) < 4.78 is 8.30. The van der Waals surface area contributed by atoms with Crippen LogP contribution >= 0.6 is 15.9 Å². The van der Waals surface area contributed by atoms with Gasteiger partial charge in [0.15, 0.2) is 11.6 Å². The molecule has 156 valence electrons. The second-order valence-corrected chi connectivity index (χ2v) is 8.00. The lowest BCUT2D eigenvalue weighted by atomic mass is 9.97. The molecule has 2 aliphatic rings. The number of unbranched alkanes of at least 4 members (excludes halogenated alkanes) is 1. The Balaban J connectivity index is 1.70. The lowest BCUT2D eigenvalue weighted by molar-refractivity contribution is 0.551. The van der Waals surface area contributed by atoms with Gasteiger partial charge in [-0.05, 0) is 66.0 Å². The van der Waals surface area contributed by atoms with Crippen LogP contribution in [-0.4, -0.2) is 40.8 Å². The highest BCUT2D eigenvalue weighted by molar-refractivity contribution is 9.10. The number of fused-ring (bicyclic) bond motifs is 1. The third-order valence-electron chi connectivity index (χ3n) is 5.34. The van der Waals surface area contributed by atoms with E-state index in [0.29, 0.717) is 12.4 Å². The highest BCUT2D eigenvalue weighted by Crippen LogP contribution is 2.48. The van der Waals surface area contributed by atoms with E-state index in [-0.39, 0.29) is 0 Å². The predicted molar refractivity (Wildman–Crippen MR) is 117 cm³/mol. The third kappa shape index (κ3) is 3.52. The van der Waals surface area contributed by atoms with Gasteiger partial charge in [0.1, 0.15) is 0 Å². The van der Waals surface area contributed by atoms with E-state index in [0.717, 1.165) is 62.9 Å². The zero-order chi connectivity index (χ0) is 21.2. The lowest BCUT2D eigenvalue weighted by Gasteiger charge is -2.11. The zero-order valence-electron chi connectivity index (χ0n) is 16.8. The fourth-order valence-electron chi connectivity index (χ4n) is 3.84. The van der Waals surface area contributed by atoms with Gasteiger partial charge in [0.2, 0.25) is 0 Å². The van der Waals surface area contributed by atoms with Crippen LogP contribution in [0.5, 0.6) is 0 Å². The van der Waals surface area contributed by atoms with Crippen molar-refractivity contribution < 1.29 is 4.42 Å². The molecule has 1 aliphatic heterocycles. The van der Waals surface area contributed by atoms with Crippen LogP contribution in [0.25, 0.3) is 33.6 Å². The molecule has 0 saturated heterocycles. The van der Waals surface area contributed by atoms with Gasteiger partial charge in [-0.2, -0.15) is 0 Å². The number of benzene rings is 1. The molecule has 0 amide bonds. The fraction of sp³-hybridized carbons (Fsp3) is 0.238. The van der Waals surface area contributed by atoms with E-state index < -0.39 is 0 Å². The Morgan fingerprint density at radius 3 is 2.71 bits per heavy atom. The molecule has 3 heterocycles. The highest BCUT2D eigenvalue weighted by atomic mass is 79.9. The molecular weight excluding hydrogens is 460 g/mol. The number of hydrogen-bond acceptors (Lipinski definition) is 7. The van der Waals surface area contributed by atoms with Crippen molar-refractivity contribution in [1.82, 2.24) is 40.8 Å². The van der Waals surface area contributed by atoms with Crippen molar-refractivity contribution >= 4 is 15.9 Å². The first-order valence-corrected chi connectivity index (χ1v) is 10.8. The number of nitrogens with zero attached hydrogens (tertiary/aromatic N) is 7. The summed E-state index contributed by atoms with van der Waals surface area (Å²) in [4.78, 5) is 0. The number of rotatable bonds is 7. The molecule has 1 aromatic carbocycles. The molecule has 5 rings (SSSR count). The predicted octanol–water partition coefficient (Wildman–Crippen LogP) is 4.37. The van der Waals surface area contributed by atoms with E-state index in [4.69, 9.17) is 4.42 Å². The van der Waals surface area contributed by atoms with Gasteiger partial charge in [0.05, 0.1) is 19.1 Å². The van der Waals surface area contributed by atoms with Crippen LogP contribution in [0.1, 0.15) is 31.2 Å². The Hall–Kier alpha value is -3.40. The highest BCUT2D eigenvalue weighted by Gasteiger charge is 2.26. The number of nitrogens with one attached hydrogen (secondary N) is 1. The number of tetrazole rings is 2. The van der Waals surface area contributed by atoms with Gasteiger partial charge in [0, 0.05) is 27.6 Å². The van der Waals surface area contributed by atoms with Crippen LogP contribution in [0.3, 0.4) is 0 Å². The number of hydrogen-bond donors (Lipinski definition) is 1. The van der Waals surface area contributed by atoms with Crippen molar-refractivity contribution in [2.24, 2.45) is 0 Å². The van der Waals surface area contributed by atoms with Crippen molar-refractivity contribution in [3.8, 4) is 33.6 Å². The molecule has 1 aliphatic carbocycles. The van der Waals surface area contributed by atoms with Crippen LogP contribution in [0, 0.1) is 0 Å². The molecule has 0 saturated carbocycles. The monoisotopic (exact) mass is 478 g/mol. The molecule has 0 radical (unpaired) electrons. The maximum atomic E-state index is 5.47. The smallest absolute Gasteiger partial charge is 0.180 e. The molecule has 1 N–H and O–H groups in total. The summed E-state index contributed by atoms with van der Waals surface area (Å²) in [5, 5.41) is 26.9. The van der Waals surface area contributed by atoms with E-state index in [2.05, 4.69) is 65.1 Å². The molecule has 3 aromatic rings. The Morgan fingerprint density at radius 1 is 1.03 bits per heavy atom. The molecule has 10 heteroatoms. The molecule has 0 atom stereocenters. The molecule has 0 spiro atoms. The van der Waals surface area contributed by atoms with Crippen LogP contribution in [0.15, 0.2) is 51.7 Å². The number of H-pyrrole nitrogens is 1. The molecule has 0 bridgehead atoms. The fourth-order valence-corrected chi connectivity index (χ4v) is 4.60. The number of aryl methyl sites for hydroxylation is 1. The van der Waals surface area contributed by atoms with Gasteiger partial charge in [-0.15, -0.1) is 10.2 Å². The summed E-state index contributed by atoms with van der Waals surface area (Å²) in [6.07, 6.45) is 6.41. The van der Waals surface area contributed by atoms with E-state index in [1.165, 1.54) is 0 Å². The van der Waals surface area contributed by atoms with Crippen molar-refractivity contribution in [2.45, 2.75) is 32.7 Å². The van der Waals surface area contributed by atoms with Gasteiger partial charge >= 0.3 is 0 Å². The Morgan fingerprint density at radius 2 is 1.90 bits per heavy atom. The molecule has 31 heavy (non-hydrogen) atoms. The first-order valence-electron chi connectivity index (χ1n) is 10.0. The van der Waals surface area contributed by atoms with Crippen LogP contribution in [0.2, 0.25) is 0 Å². The van der Waals surface area contributed by atoms with Gasteiger partial charge in [0.25, 0.3) is 0 Å². The van der Waals surface area contributed by atoms with Crippen molar-refractivity contribution in [3.63, 3.8) is 0 Å². The van der Waals surface area contributed by atoms with Crippen molar-refractivity contribution in [3.05, 3.63) is 58.7 Å². The minimum absolute atomic E-state index is 0.538. The second kappa shape index (κ2) is 8.38. The molecule has 2 aromatic heterocycles. The lowest BCUT2D eigenvalue weighted by Crippen LogP contribution is -2.08. The van der Waals surface area contributed by atoms with Gasteiger partial charge in [-0.3, -0.25) is 0 Å². The minimum atomic E-state index is 0.538. The van der Waals surface area contributed by atoms with Crippen molar-refractivity contribution in [2.75, 3.05) is 0 Å². The summed E-state index contributed by atoms with van der Waals surface area (Å²) in [5.41, 5.74) is 6.12. The zero-order valence-corrected chi connectivity index (χ0v) is 18.4. The molecule has 0 fully saturated rings. The number of halogens is 1. The second-order valence-electron chi connectivity index (χ2n) is 7.20. The largest absolute Gasteiger partial charge is 0.472 e. The third-order valence-corrected chi connectivity index (χ3v) is 6.16. The van der Waals surface area contributed by atoms with Crippen LogP contribution < -0.4 is 0 Å². The average molecular weight is 479 g/mol. The summed E-state index contributed by atoms with van der Waals surface area (Å²) in [5.74, 6) is 1.49. The Kier molecular flexibility index (Phi) is 5.29. The number of aromatic nitrogens is 8. The number of aromatic amines is 1. The summed E-state index contributed by atoms with van der Waals surface area (Å²) in [6.45, 7) is 2.70. The normalized spacial score (nSPS) is 11.4. The van der Waals surface area contributed by atoms with E-state index in [1.54, 1.807) is 12.5 Å². The topological polar surface area (TPSA) is 111 Å². The maximum Gasteiger partial charge on any atom is 0.180 e. The van der Waals surface area contributed by atoms with E-state index >= 15 is 0 Å². The van der Waals surface area contributed by atoms with E-state index in [9.17, 15) is 0 Å².